The molecule has 0 saturated heterocycles. The lowest BCUT2D eigenvalue weighted by molar-refractivity contribution is 0.643. The minimum atomic E-state index is -0.190. The molecule has 0 saturated carbocycles. The number of allylic oxidation sites excluding steroid dienone is 1. The summed E-state index contributed by atoms with van der Waals surface area (Å²) in [7, 11) is 0. The minimum Gasteiger partial charge on any atom is -0.212 e. The molecule has 0 spiro atoms. The van der Waals surface area contributed by atoms with Crippen LogP contribution in [0.5, 0.6) is 0 Å². The van der Waals surface area contributed by atoms with Gasteiger partial charge in [-0.2, -0.15) is 0 Å². The Morgan fingerprint density at radius 1 is 1.33 bits per heavy atom. The number of hydrogen-bond donors (Lipinski definition) is 0. The summed E-state index contributed by atoms with van der Waals surface area (Å²) in [6.45, 7) is 9.48. The number of benzene rings is 1. The van der Waals surface area contributed by atoms with E-state index in [1.807, 2.05) is 6.07 Å². The first kappa shape index (κ1) is 12.1. The average molecular weight is 222 g/mol. The van der Waals surface area contributed by atoms with Crippen molar-refractivity contribution in [1.29, 1.82) is 0 Å². The van der Waals surface area contributed by atoms with E-state index in [4.69, 9.17) is 0 Å². The zero-order valence-electron chi connectivity index (χ0n) is 9.30. The largest absolute Gasteiger partial charge is 0.212 e. The number of halogens is 1. The molecule has 0 fully saturated rings. The zero-order valence-corrected chi connectivity index (χ0v) is 10.1. The lowest BCUT2D eigenvalue weighted by Crippen LogP contribution is -1.84. The van der Waals surface area contributed by atoms with Crippen molar-refractivity contribution < 1.29 is 4.39 Å². The molecule has 0 aliphatic heterocycles. The van der Waals surface area contributed by atoms with E-state index in [2.05, 4.69) is 32.6 Å². The van der Waals surface area contributed by atoms with Gasteiger partial charge in [-0.3, -0.25) is 0 Å². The molecular formula is C13H15FS. The summed E-state index contributed by atoms with van der Waals surface area (Å²) >= 11 is 1.32. The first-order valence-electron chi connectivity index (χ1n) is 4.76. The van der Waals surface area contributed by atoms with E-state index in [0.717, 1.165) is 10.5 Å². The van der Waals surface area contributed by atoms with Gasteiger partial charge in [0.25, 0.3) is 0 Å². The molecule has 0 bridgehead atoms. The molecule has 0 aliphatic carbocycles. The SMILES string of the molecule is C=C(S/C=C(\C)F)c1ccc(C)c(C)c1. The molecule has 1 rings (SSSR count). The summed E-state index contributed by atoms with van der Waals surface area (Å²) in [6.07, 6.45) is 0. The summed E-state index contributed by atoms with van der Waals surface area (Å²) in [4.78, 5) is 0.870. The molecule has 2 heteroatoms. The second kappa shape index (κ2) is 5.17. The third kappa shape index (κ3) is 3.56. The Hall–Kier alpha value is -1.02. The summed E-state index contributed by atoms with van der Waals surface area (Å²) < 4.78 is 12.5. The van der Waals surface area contributed by atoms with E-state index in [9.17, 15) is 4.39 Å². The Labute approximate surface area is 94.9 Å². The van der Waals surface area contributed by atoms with Crippen LogP contribution in [0.3, 0.4) is 0 Å². The second-order valence-corrected chi connectivity index (χ2v) is 4.51. The Balaban J connectivity index is 2.83. The van der Waals surface area contributed by atoms with Crippen LogP contribution in [0.2, 0.25) is 0 Å². The van der Waals surface area contributed by atoms with E-state index in [-0.39, 0.29) is 5.83 Å². The van der Waals surface area contributed by atoms with Crippen molar-refractivity contribution in [3.63, 3.8) is 0 Å². The van der Waals surface area contributed by atoms with Crippen LogP contribution in [-0.4, -0.2) is 0 Å². The topological polar surface area (TPSA) is 0 Å². The molecule has 15 heavy (non-hydrogen) atoms. The van der Waals surface area contributed by atoms with Crippen LogP contribution in [0.4, 0.5) is 4.39 Å². The smallest absolute Gasteiger partial charge is 0.103 e. The van der Waals surface area contributed by atoms with E-state index in [1.165, 1.54) is 35.2 Å². The number of aryl methyl sites for hydroxylation is 2. The highest BCUT2D eigenvalue weighted by molar-refractivity contribution is 8.10. The van der Waals surface area contributed by atoms with Crippen molar-refractivity contribution in [3.05, 3.63) is 52.7 Å². The Bertz CT molecular complexity index is 401. The van der Waals surface area contributed by atoms with Gasteiger partial charge >= 0.3 is 0 Å². The maximum Gasteiger partial charge on any atom is 0.103 e. The lowest BCUT2D eigenvalue weighted by Gasteiger charge is -2.05. The quantitative estimate of drug-likeness (QED) is 0.705. The van der Waals surface area contributed by atoms with Crippen molar-refractivity contribution in [3.8, 4) is 0 Å². The third-order valence-electron chi connectivity index (χ3n) is 2.19. The van der Waals surface area contributed by atoms with Gasteiger partial charge in [-0.1, -0.05) is 36.5 Å². The highest BCUT2D eigenvalue weighted by atomic mass is 32.2. The molecule has 0 amide bonds. The van der Waals surface area contributed by atoms with Crippen LogP contribution in [-0.2, 0) is 0 Å². The van der Waals surface area contributed by atoms with E-state index in [1.54, 1.807) is 0 Å². The van der Waals surface area contributed by atoms with Crippen LogP contribution in [0.25, 0.3) is 4.91 Å². The fourth-order valence-electron chi connectivity index (χ4n) is 1.14. The van der Waals surface area contributed by atoms with Crippen LogP contribution < -0.4 is 0 Å². The number of rotatable bonds is 3. The van der Waals surface area contributed by atoms with Gasteiger partial charge in [-0.25, -0.2) is 4.39 Å². The maximum atomic E-state index is 12.5. The molecule has 0 aliphatic rings. The summed E-state index contributed by atoms with van der Waals surface area (Å²) in [5, 5.41) is 1.47. The fourth-order valence-corrected chi connectivity index (χ4v) is 1.70. The molecule has 0 aromatic heterocycles. The molecule has 0 atom stereocenters. The molecule has 1 aromatic rings. The van der Waals surface area contributed by atoms with Gasteiger partial charge in [0.05, 0.1) is 0 Å². The van der Waals surface area contributed by atoms with Crippen LogP contribution >= 0.6 is 11.8 Å². The molecule has 1 aromatic carbocycles. The Morgan fingerprint density at radius 2 is 2.00 bits per heavy atom. The molecule has 0 radical (unpaired) electrons. The Kier molecular flexibility index (Phi) is 4.15. The highest BCUT2D eigenvalue weighted by Crippen LogP contribution is 2.28. The van der Waals surface area contributed by atoms with Gasteiger partial charge in [0, 0.05) is 10.3 Å². The first-order valence-corrected chi connectivity index (χ1v) is 5.64. The third-order valence-corrected chi connectivity index (χ3v) is 3.16. The van der Waals surface area contributed by atoms with Crippen molar-refractivity contribution in [2.45, 2.75) is 20.8 Å². The highest BCUT2D eigenvalue weighted by Gasteiger charge is 2.00. The summed E-state index contributed by atoms with van der Waals surface area (Å²) in [5.41, 5.74) is 3.55. The normalized spacial score (nSPS) is 11.6. The van der Waals surface area contributed by atoms with Crippen molar-refractivity contribution in [2.24, 2.45) is 0 Å². The van der Waals surface area contributed by atoms with Crippen LogP contribution in [0.15, 0.2) is 36.0 Å². The van der Waals surface area contributed by atoms with Crippen LogP contribution in [0.1, 0.15) is 23.6 Å². The van der Waals surface area contributed by atoms with Gasteiger partial charge in [0.15, 0.2) is 0 Å². The monoisotopic (exact) mass is 222 g/mol. The molecule has 0 nitrogen and oxygen atoms in total. The zero-order chi connectivity index (χ0) is 11.4. The average Bonchev–Trinajstić information content (AvgIpc) is 2.18. The van der Waals surface area contributed by atoms with Gasteiger partial charge in [-0.15, -0.1) is 0 Å². The van der Waals surface area contributed by atoms with Crippen molar-refractivity contribution >= 4 is 16.7 Å². The molecule has 0 heterocycles. The lowest BCUT2D eigenvalue weighted by atomic mass is 10.1. The Morgan fingerprint density at radius 3 is 2.53 bits per heavy atom. The predicted molar refractivity (Wildman–Crippen MR) is 67.4 cm³/mol. The van der Waals surface area contributed by atoms with E-state index < -0.39 is 0 Å². The van der Waals surface area contributed by atoms with Crippen molar-refractivity contribution in [1.82, 2.24) is 0 Å². The number of hydrogen-bond acceptors (Lipinski definition) is 1. The molecule has 0 unspecified atom stereocenters. The van der Waals surface area contributed by atoms with Gasteiger partial charge in [0.1, 0.15) is 5.83 Å². The van der Waals surface area contributed by atoms with Gasteiger partial charge < -0.3 is 0 Å². The first-order chi connectivity index (χ1) is 7.00. The van der Waals surface area contributed by atoms with Crippen LogP contribution in [0, 0.1) is 13.8 Å². The minimum absolute atomic E-state index is 0.190. The maximum absolute atomic E-state index is 12.5. The fraction of sp³-hybridized carbons (Fsp3) is 0.231. The second-order valence-electron chi connectivity index (χ2n) is 3.54. The van der Waals surface area contributed by atoms with E-state index in [0.29, 0.717) is 0 Å². The molecule has 80 valence electrons. The predicted octanol–water partition coefficient (Wildman–Crippen LogP) is 4.84. The summed E-state index contributed by atoms with van der Waals surface area (Å²) in [5.74, 6) is -0.190. The van der Waals surface area contributed by atoms with Crippen molar-refractivity contribution in [2.75, 3.05) is 0 Å². The standard InChI is InChI=1S/C13H15FS/c1-9-5-6-13(7-10(9)2)12(4)15-8-11(3)14/h5-8H,4H2,1-3H3/b11-8+. The number of thioether (sulfide) groups is 1. The van der Waals surface area contributed by atoms with Gasteiger partial charge in [-0.05, 0) is 37.5 Å². The van der Waals surface area contributed by atoms with Gasteiger partial charge in [0.2, 0.25) is 0 Å². The van der Waals surface area contributed by atoms with E-state index >= 15 is 0 Å². The summed E-state index contributed by atoms with van der Waals surface area (Å²) in [6, 6.07) is 6.15. The molecular weight excluding hydrogens is 207 g/mol. The molecule has 0 N–H and O–H groups in total.